The molecule has 0 spiro atoms. The van der Waals surface area contributed by atoms with E-state index in [-0.39, 0.29) is 0 Å². The van der Waals surface area contributed by atoms with Gasteiger partial charge in [0.2, 0.25) is 0 Å². The molecule has 0 radical (unpaired) electrons. The third-order valence-corrected chi connectivity index (χ3v) is 9.50. The Kier molecular flexibility index (Phi) is 15.4. The van der Waals surface area contributed by atoms with Crippen LogP contribution in [-0.4, -0.2) is 27.5 Å². The van der Waals surface area contributed by atoms with E-state index in [4.69, 9.17) is 8.95 Å². The summed E-state index contributed by atoms with van der Waals surface area (Å²) in [4.78, 5) is 0. The van der Waals surface area contributed by atoms with Crippen molar-refractivity contribution in [1.29, 1.82) is 0 Å². The summed E-state index contributed by atoms with van der Waals surface area (Å²) in [6.45, 7) is 6.37. The van der Waals surface area contributed by atoms with Crippen LogP contribution in [0.25, 0.3) is 0 Å². The van der Waals surface area contributed by atoms with Crippen LogP contribution in [0.3, 0.4) is 0 Å². The molecule has 1 heterocycles. The van der Waals surface area contributed by atoms with Crippen LogP contribution < -0.4 is 5.48 Å². The Bertz CT molecular complexity index is 310. The largest absolute Gasteiger partial charge is 0.393 e. The molecule has 1 aliphatic rings. The summed E-state index contributed by atoms with van der Waals surface area (Å²) in [5.74, 6) is 1.63. The summed E-state index contributed by atoms with van der Waals surface area (Å²) in [5, 5.41) is 0. The molecule has 156 valence electrons. The molecular formula is C21H45NO2SSi. The van der Waals surface area contributed by atoms with Crippen LogP contribution in [0, 0.1) is 5.92 Å². The highest BCUT2D eigenvalue weighted by atomic mass is 32.1. The lowest BCUT2D eigenvalue weighted by atomic mass is 9.97. The summed E-state index contributed by atoms with van der Waals surface area (Å²) in [7, 11) is -2.02. The number of unbranched alkanes of at least 4 members (excludes halogenated alkanes) is 9. The Balaban J connectivity index is 2.04. The summed E-state index contributed by atoms with van der Waals surface area (Å²) in [6.07, 6.45) is 17.7. The minimum absolute atomic E-state index is 0.706. The van der Waals surface area contributed by atoms with Gasteiger partial charge in [-0.25, -0.2) is 5.48 Å². The van der Waals surface area contributed by atoms with Crippen molar-refractivity contribution < 1.29 is 8.95 Å². The van der Waals surface area contributed by atoms with Gasteiger partial charge in [-0.3, -0.25) is 0 Å². The standard InChI is InChI=1S/C21H45NO2SSi/c1-3-5-6-7-8-9-10-11-12-13-15-21-16-17-23-26(4-2,19-14-18-25)24-22-20-21/h21-22,25H,3-20H2,1-2H3. The van der Waals surface area contributed by atoms with Crippen LogP contribution >= 0.6 is 12.6 Å². The number of hydrogen-bond acceptors (Lipinski definition) is 4. The molecule has 2 unspecified atom stereocenters. The van der Waals surface area contributed by atoms with Crippen LogP contribution in [0.15, 0.2) is 0 Å². The van der Waals surface area contributed by atoms with Crippen molar-refractivity contribution in [2.75, 3.05) is 18.9 Å². The van der Waals surface area contributed by atoms with E-state index in [0.29, 0.717) is 5.92 Å². The maximum atomic E-state index is 6.27. The van der Waals surface area contributed by atoms with Gasteiger partial charge in [0.25, 0.3) is 0 Å². The van der Waals surface area contributed by atoms with Gasteiger partial charge in [0.05, 0.1) is 0 Å². The van der Waals surface area contributed by atoms with Gasteiger partial charge in [-0.05, 0) is 43.0 Å². The lowest BCUT2D eigenvalue weighted by Gasteiger charge is -2.33. The predicted octanol–water partition coefficient (Wildman–Crippen LogP) is 6.64. The van der Waals surface area contributed by atoms with Gasteiger partial charge in [0.1, 0.15) is 0 Å². The summed E-state index contributed by atoms with van der Waals surface area (Å²) < 4.78 is 12.4. The third-order valence-electron chi connectivity index (χ3n) is 5.74. The first-order valence-corrected chi connectivity index (χ1v) is 14.3. The molecule has 26 heavy (non-hydrogen) atoms. The van der Waals surface area contributed by atoms with Crippen molar-refractivity contribution in [3.05, 3.63) is 0 Å². The zero-order chi connectivity index (χ0) is 18.9. The molecule has 1 N–H and O–H groups in total. The summed E-state index contributed by atoms with van der Waals surface area (Å²) >= 11 is 4.34. The first kappa shape index (κ1) is 24.5. The normalized spacial score (nSPS) is 24.3. The second-order valence-corrected chi connectivity index (χ2v) is 12.0. The van der Waals surface area contributed by atoms with E-state index in [1.54, 1.807) is 0 Å². The molecular weight excluding hydrogens is 358 g/mol. The quantitative estimate of drug-likeness (QED) is 0.182. The zero-order valence-corrected chi connectivity index (χ0v) is 19.5. The molecule has 0 aliphatic carbocycles. The molecule has 0 aromatic carbocycles. The van der Waals surface area contributed by atoms with Gasteiger partial charge in [-0.1, -0.05) is 78.1 Å². The molecule has 0 aromatic heterocycles. The molecule has 0 aromatic rings. The van der Waals surface area contributed by atoms with Crippen LogP contribution in [0.1, 0.15) is 97.3 Å². The molecule has 1 rings (SSSR count). The van der Waals surface area contributed by atoms with E-state index in [0.717, 1.165) is 37.4 Å². The zero-order valence-electron chi connectivity index (χ0n) is 17.6. The molecule has 1 saturated heterocycles. The number of nitrogens with one attached hydrogen (secondary N) is 1. The summed E-state index contributed by atoms with van der Waals surface area (Å²) in [5.41, 5.74) is 3.29. The molecule has 0 amide bonds. The minimum Gasteiger partial charge on any atom is -0.393 e. The van der Waals surface area contributed by atoms with E-state index in [1.807, 2.05) is 0 Å². The fourth-order valence-corrected chi connectivity index (χ4v) is 6.84. The monoisotopic (exact) mass is 403 g/mol. The molecule has 3 nitrogen and oxygen atoms in total. The Morgan fingerprint density at radius 3 is 2.19 bits per heavy atom. The van der Waals surface area contributed by atoms with E-state index in [1.165, 1.54) is 77.0 Å². The Morgan fingerprint density at radius 2 is 1.58 bits per heavy atom. The molecule has 1 fully saturated rings. The van der Waals surface area contributed by atoms with Crippen LogP contribution in [0.5, 0.6) is 0 Å². The third kappa shape index (κ3) is 11.3. The van der Waals surface area contributed by atoms with E-state index >= 15 is 0 Å². The van der Waals surface area contributed by atoms with Gasteiger partial charge in [-0.15, -0.1) is 0 Å². The van der Waals surface area contributed by atoms with Crippen molar-refractivity contribution in [3.8, 4) is 0 Å². The average molecular weight is 404 g/mol. The van der Waals surface area contributed by atoms with Gasteiger partial charge in [0, 0.05) is 13.2 Å². The second-order valence-electron chi connectivity index (χ2n) is 8.02. The first-order valence-electron chi connectivity index (χ1n) is 11.4. The fraction of sp³-hybridized carbons (Fsp3) is 1.00. The molecule has 1 aliphatic heterocycles. The van der Waals surface area contributed by atoms with Crippen LogP contribution in [0.2, 0.25) is 12.1 Å². The molecule has 0 bridgehead atoms. The maximum absolute atomic E-state index is 6.27. The van der Waals surface area contributed by atoms with E-state index in [2.05, 4.69) is 32.0 Å². The number of hydroxylamine groups is 1. The van der Waals surface area contributed by atoms with Crippen molar-refractivity contribution >= 4 is 21.2 Å². The predicted molar refractivity (Wildman–Crippen MR) is 119 cm³/mol. The van der Waals surface area contributed by atoms with Gasteiger partial charge in [-0.2, -0.15) is 12.6 Å². The van der Waals surface area contributed by atoms with E-state index < -0.39 is 8.56 Å². The summed E-state index contributed by atoms with van der Waals surface area (Å²) in [6, 6.07) is 2.08. The Morgan fingerprint density at radius 1 is 0.923 bits per heavy atom. The van der Waals surface area contributed by atoms with Gasteiger partial charge in [0.15, 0.2) is 0 Å². The van der Waals surface area contributed by atoms with Crippen LogP contribution in [0.4, 0.5) is 0 Å². The topological polar surface area (TPSA) is 30.5 Å². The number of rotatable bonds is 15. The Labute approximate surface area is 170 Å². The SMILES string of the molecule is CCCCCCCCCCCCC1CCO[Si](CC)(CCCS)ONC1. The molecule has 2 atom stereocenters. The van der Waals surface area contributed by atoms with Gasteiger partial charge < -0.3 is 8.95 Å². The smallest absolute Gasteiger partial charge is 0.357 e. The lowest BCUT2D eigenvalue weighted by Crippen LogP contribution is -2.49. The van der Waals surface area contributed by atoms with Crippen molar-refractivity contribution in [3.63, 3.8) is 0 Å². The lowest BCUT2D eigenvalue weighted by molar-refractivity contribution is 0.0643. The highest BCUT2D eigenvalue weighted by Crippen LogP contribution is 2.24. The van der Waals surface area contributed by atoms with E-state index in [9.17, 15) is 0 Å². The fourth-order valence-electron chi connectivity index (χ4n) is 3.82. The average Bonchev–Trinajstić information content (AvgIpc) is 2.64. The number of hydrogen-bond donors (Lipinski definition) is 2. The minimum atomic E-state index is -2.02. The van der Waals surface area contributed by atoms with Crippen molar-refractivity contribution in [2.24, 2.45) is 5.92 Å². The highest BCUT2D eigenvalue weighted by Gasteiger charge is 2.37. The van der Waals surface area contributed by atoms with Crippen molar-refractivity contribution in [2.45, 2.75) is 109 Å². The second kappa shape index (κ2) is 16.4. The molecule has 5 heteroatoms. The Hall–Kier alpha value is 0.447. The van der Waals surface area contributed by atoms with Crippen LogP contribution in [-0.2, 0) is 8.95 Å². The van der Waals surface area contributed by atoms with Crippen molar-refractivity contribution in [1.82, 2.24) is 5.48 Å². The molecule has 0 saturated carbocycles. The highest BCUT2D eigenvalue weighted by molar-refractivity contribution is 7.80. The first-order chi connectivity index (χ1) is 12.8. The maximum Gasteiger partial charge on any atom is 0.357 e. The number of thiol groups is 1. The van der Waals surface area contributed by atoms with Gasteiger partial charge >= 0.3 is 8.56 Å².